The maximum Gasteiger partial charge on any atom is 0.323 e. The fourth-order valence-corrected chi connectivity index (χ4v) is 1.21. The molecule has 0 saturated carbocycles. The summed E-state index contributed by atoms with van der Waals surface area (Å²) in [5.74, 6) is -13.0. The molecule has 0 spiro atoms. The monoisotopic (exact) mass is 273 g/mol. The summed E-state index contributed by atoms with van der Waals surface area (Å²) in [6.07, 6.45) is -1.24. The summed E-state index contributed by atoms with van der Waals surface area (Å²) in [5.41, 5.74) is -0.713. The maximum absolute atomic E-state index is 13.1. The van der Waals surface area contributed by atoms with Crippen molar-refractivity contribution in [3.63, 3.8) is 0 Å². The number of aliphatic carboxylic acids is 1. The van der Waals surface area contributed by atoms with Gasteiger partial charge in [0.25, 0.3) is 0 Å². The molecule has 1 atom stereocenters. The second-order valence-corrected chi connectivity index (χ2v) is 3.25. The van der Waals surface area contributed by atoms with Crippen LogP contribution in [0.2, 0.25) is 0 Å². The molecule has 18 heavy (non-hydrogen) atoms. The first-order chi connectivity index (χ1) is 8.31. The molecule has 3 nitrogen and oxygen atoms in total. The van der Waals surface area contributed by atoms with Crippen molar-refractivity contribution in [2.45, 2.75) is 12.5 Å². The molecule has 0 aliphatic heterocycles. The fourth-order valence-electron chi connectivity index (χ4n) is 1.21. The minimum atomic E-state index is -2.37. The van der Waals surface area contributed by atoms with Crippen molar-refractivity contribution in [3.8, 4) is 0 Å². The van der Waals surface area contributed by atoms with Crippen LogP contribution in [0.1, 0.15) is 5.56 Å². The summed E-state index contributed by atoms with van der Waals surface area (Å²) in [7, 11) is 0. The molecule has 2 N–H and O–H groups in total. The van der Waals surface area contributed by atoms with E-state index in [0.717, 1.165) is 0 Å². The van der Waals surface area contributed by atoms with Gasteiger partial charge < -0.3 is 5.11 Å². The number of halogens is 6. The molecule has 1 unspecified atom stereocenters. The van der Waals surface area contributed by atoms with Gasteiger partial charge in [0.05, 0.1) is 0 Å². The molecule has 0 amide bonds. The largest absolute Gasteiger partial charge is 0.480 e. The van der Waals surface area contributed by atoms with Crippen LogP contribution in [0.3, 0.4) is 0 Å². The molecular weight excluding hydrogens is 268 g/mol. The van der Waals surface area contributed by atoms with Gasteiger partial charge in [-0.3, -0.25) is 4.79 Å². The summed E-state index contributed by atoms with van der Waals surface area (Å²) in [5, 5.41) is 8.40. The molecular formula is C9H5F6NO2. The number of hydrogen-bond donors (Lipinski definition) is 2. The standard InChI is InChI=1S/C9H5F6NO2/c10-4-2(1-3(16-15)9(17)18)5(11)7(13)8(14)6(4)12/h3,16H,1H2,(H,17,18). The van der Waals surface area contributed by atoms with E-state index in [2.05, 4.69) is 0 Å². The first-order valence-electron chi connectivity index (χ1n) is 4.40. The zero-order valence-electron chi connectivity index (χ0n) is 8.41. The minimum absolute atomic E-state index is 0.686. The molecule has 1 aromatic rings. The van der Waals surface area contributed by atoms with Gasteiger partial charge in [0.1, 0.15) is 6.04 Å². The Balaban J connectivity index is 3.29. The molecule has 100 valence electrons. The molecule has 1 aromatic carbocycles. The van der Waals surface area contributed by atoms with Gasteiger partial charge in [0.15, 0.2) is 23.3 Å². The van der Waals surface area contributed by atoms with Crippen LogP contribution in [0.25, 0.3) is 0 Å². The van der Waals surface area contributed by atoms with Gasteiger partial charge >= 0.3 is 5.97 Å². The molecule has 9 heteroatoms. The lowest BCUT2D eigenvalue weighted by molar-refractivity contribution is -0.140. The zero-order chi connectivity index (χ0) is 14.0. The number of benzene rings is 1. The van der Waals surface area contributed by atoms with Crippen molar-refractivity contribution in [2.75, 3.05) is 0 Å². The molecule has 0 heterocycles. The van der Waals surface area contributed by atoms with E-state index >= 15 is 0 Å². The van der Waals surface area contributed by atoms with Gasteiger partial charge in [-0.05, 0) is 0 Å². The predicted molar refractivity (Wildman–Crippen MR) is 45.6 cm³/mol. The molecule has 0 aliphatic carbocycles. The first kappa shape index (κ1) is 14.3. The van der Waals surface area contributed by atoms with E-state index in [4.69, 9.17) is 5.11 Å². The Kier molecular flexibility index (Phi) is 4.17. The van der Waals surface area contributed by atoms with Crippen LogP contribution in [0.15, 0.2) is 0 Å². The van der Waals surface area contributed by atoms with E-state index in [1.807, 2.05) is 0 Å². The van der Waals surface area contributed by atoms with E-state index in [1.165, 1.54) is 0 Å². The Morgan fingerprint density at radius 3 is 1.72 bits per heavy atom. The lowest BCUT2D eigenvalue weighted by atomic mass is 10.0. The highest BCUT2D eigenvalue weighted by atomic mass is 19.2. The highest BCUT2D eigenvalue weighted by Gasteiger charge is 2.29. The smallest absolute Gasteiger partial charge is 0.323 e. The molecule has 0 radical (unpaired) electrons. The van der Waals surface area contributed by atoms with Crippen molar-refractivity contribution in [2.24, 2.45) is 0 Å². The number of carboxylic acids is 1. The summed E-state index contributed by atoms with van der Waals surface area (Å²) in [6, 6.07) is -2.13. The molecule has 0 bridgehead atoms. The van der Waals surface area contributed by atoms with Crippen molar-refractivity contribution < 1.29 is 36.3 Å². The number of hydrogen-bond acceptors (Lipinski definition) is 2. The van der Waals surface area contributed by atoms with Gasteiger partial charge in [0, 0.05) is 12.0 Å². The van der Waals surface area contributed by atoms with Crippen LogP contribution < -0.4 is 5.54 Å². The van der Waals surface area contributed by atoms with Gasteiger partial charge in [-0.2, -0.15) is 0 Å². The van der Waals surface area contributed by atoms with Crippen LogP contribution in [0, 0.1) is 29.1 Å². The number of carbonyl (C=O) groups is 1. The van der Waals surface area contributed by atoms with E-state index in [9.17, 15) is 31.2 Å². The average Bonchev–Trinajstić information content (AvgIpc) is 2.34. The third-order valence-corrected chi connectivity index (χ3v) is 2.14. The number of carboxylic acid groups (broad SMARTS) is 1. The quantitative estimate of drug-likeness (QED) is 0.381. The zero-order valence-corrected chi connectivity index (χ0v) is 8.41. The lowest BCUT2D eigenvalue weighted by Crippen LogP contribution is -2.34. The highest BCUT2D eigenvalue weighted by Crippen LogP contribution is 2.24. The van der Waals surface area contributed by atoms with Gasteiger partial charge in [-0.1, -0.05) is 0 Å². The molecule has 1 rings (SSSR count). The second kappa shape index (κ2) is 5.25. The lowest BCUT2D eigenvalue weighted by Gasteiger charge is -2.11. The van der Waals surface area contributed by atoms with Gasteiger partial charge in [0.2, 0.25) is 5.82 Å². The van der Waals surface area contributed by atoms with E-state index in [1.54, 1.807) is 0 Å². The minimum Gasteiger partial charge on any atom is -0.480 e. The number of nitrogens with one attached hydrogen (secondary N) is 1. The Morgan fingerprint density at radius 2 is 1.39 bits per heavy atom. The summed E-state index contributed by atoms with van der Waals surface area (Å²) >= 11 is 0. The summed E-state index contributed by atoms with van der Waals surface area (Å²) < 4.78 is 76.3. The predicted octanol–water partition coefficient (Wildman–Crippen LogP) is 1.85. The summed E-state index contributed by atoms with van der Waals surface area (Å²) in [4.78, 5) is 10.4. The third-order valence-electron chi connectivity index (χ3n) is 2.14. The van der Waals surface area contributed by atoms with Gasteiger partial charge in [-0.15, -0.1) is 10.0 Å². The highest BCUT2D eigenvalue weighted by molar-refractivity contribution is 5.73. The Morgan fingerprint density at radius 1 is 1.00 bits per heavy atom. The van der Waals surface area contributed by atoms with Crippen LogP contribution in [0.5, 0.6) is 0 Å². The fraction of sp³-hybridized carbons (Fsp3) is 0.222. The molecule has 0 aliphatic rings. The van der Waals surface area contributed by atoms with Crippen LogP contribution in [0.4, 0.5) is 26.4 Å². The first-order valence-corrected chi connectivity index (χ1v) is 4.40. The van der Waals surface area contributed by atoms with Crippen molar-refractivity contribution in [1.82, 2.24) is 5.54 Å². The second-order valence-electron chi connectivity index (χ2n) is 3.25. The summed E-state index contributed by atoms with van der Waals surface area (Å²) in [6.45, 7) is 0. The van der Waals surface area contributed by atoms with Crippen molar-refractivity contribution in [1.29, 1.82) is 0 Å². The Labute approximate surface area is 96.0 Å². The normalized spacial score (nSPS) is 12.6. The Hall–Kier alpha value is -1.77. The average molecular weight is 273 g/mol. The third kappa shape index (κ3) is 2.40. The van der Waals surface area contributed by atoms with E-state index in [0.29, 0.717) is 5.54 Å². The number of rotatable bonds is 4. The molecule has 0 aromatic heterocycles. The van der Waals surface area contributed by atoms with Crippen LogP contribution >= 0.6 is 0 Å². The van der Waals surface area contributed by atoms with Gasteiger partial charge in [-0.25, -0.2) is 22.0 Å². The molecule has 0 fully saturated rings. The molecule has 0 saturated heterocycles. The van der Waals surface area contributed by atoms with E-state index in [-0.39, 0.29) is 0 Å². The SMILES string of the molecule is O=C(O)C(Cc1c(F)c(F)c(F)c(F)c1F)NF. The van der Waals surface area contributed by atoms with Crippen molar-refractivity contribution >= 4 is 5.97 Å². The topological polar surface area (TPSA) is 49.3 Å². The maximum atomic E-state index is 13.1. The van der Waals surface area contributed by atoms with Crippen LogP contribution in [-0.2, 0) is 11.2 Å². The van der Waals surface area contributed by atoms with E-state index < -0.39 is 53.1 Å². The van der Waals surface area contributed by atoms with Crippen molar-refractivity contribution in [3.05, 3.63) is 34.6 Å². The Bertz CT molecular complexity index is 463. The van der Waals surface area contributed by atoms with Crippen LogP contribution in [-0.4, -0.2) is 17.1 Å².